The fourth-order valence-electron chi connectivity index (χ4n) is 3.90. The maximum absolute atomic E-state index is 8.95. The Hall–Kier alpha value is -0.550. The molecular formula is C15H26N2. The number of hydrogen-bond acceptors (Lipinski definition) is 2. The summed E-state index contributed by atoms with van der Waals surface area (Å²) in [5.74, 6) is 1.10. The second-order valence-electron chi connectivity index (χ2n) is 6.85. The summed E-state index contributed by atoms with van der Waals surface area (Å²) in [7, 11) is 0. The van der Waals surface area contributed by atoms with Gasteiger partial charge in [0.1, 0.15) is 0 Å². The van der Waals surface area contributed by atoms with Crippen molar-refractivity contribution in [1.29, 1.82) is 5.26 Å². The van der Waals surface area contributed by atoms with E-state index >= 15 is 0 Å². The second-order valence-corrected chi connectivity index (χ2v) is 6.85. The summed E-state index contributed by atoms with van der Waals surface area (Å²) in [4.78, 5) is 2.70. The Kier molecular flexibility index (Phi) is 3.50. The van der Waals surface area contributed by atoms with Gasteiger partial charge in [-0.25, -0.2) is 0 Å². The average molecular weight is 234 g/mol. The van der Waals surface area contributed by atoms with Crippen LogP contribution in [0.3, 0.4) is 0 Å². The molecule has 0 amide bonds. The van der Waals surface area contributed by atoms with E-state index < -0.39 is 0 Å². The molecule has 96 valence electrons. The highest BCUT2D eigenvalue weighted by molar-refractivity contribution is 5.06. The molecule has 2 heteroatoms. The molecule has 0 radical (unpaired) electrons. The highest BCUT2D eigenvalue weighted by Crippen LogP contribution is 2.52. The minimum absolute atomic E-state index is 0.347. The van der Waals surface area contributed by atoms with Crippen molar-refractivity contribution in [2.45, 2.75) is 65.5 Å². The van der Waals surface area contributed by atoms with Crippen molar-refractivity contribution in [1.82, 2.24) is 4.90 Å². The van der Waals surface area contributed by atoms with E-state index in [1.165, 1.54) is 19.4 Å². The summed E-state index contributed by atoms with van der Waals surface area (Å²) in [6.45, 7) is 10.5. The van der Waals surface area contributed by atoms with Crippen LogP contribution in [-0.4, -0.2) is 23.5 Å². The van der Waals surface area contributed by atoms with Gasteiger partial charge < -0.3 is 0 Å². The first-order chi connectivity index (χ1) is 7.97. The van der Waals surface area contributed by atoms with Crippen LogP contribution in [0.1, 0.15) is 53.4 Å². The summed E-state index contributed by atoms with van der Waals surface area (Å²) in [5.41, 5.74) is 0.496. The molecular weight excluding hydrogens is 208 g/mol. The van der Waals surface area contributed by atoms with Gasteiger partial charge in [-0.1, -0.05) is 13.8 Å². The maximum atomic E-state index is 8.95. The second kappa shape index (κ2) is 4.61. The molecule has 1 saturated heterocycles. The van der Waals surface area contributed by atoms with Gasteiger partial charge in [0.2, 0.25) is 0 Å². The van der Waals surface area contributed by atoms with Crippen LogP contribution in [0.2, 0.25) is 0 Å². The minimum Gasteiger partial charge on any atom is -0.297 e. The van der Waals surface area contributed by atoms with Crippen LogP contribution in [0.5, 0.6) is 0 Å². The van der Waals surface area contributed by atoms with Crippen molar-refractivity contribution in [2.75, 3.05) is 6.54 Å². The molecule has 1 heterocycles. The molecule has 2 fully saturated rings. The van der Waals surface area contributed by atoms with Crippen molar-refractivity contribution in [3.8, 4) is 6.07 Å². The molecule has 17 heavy (non-hydrogen) atoms. The topological polar surface area (TPSA) is 27.0 Å². The molecule has 0 N–H and O–H groups in total. The number of rotatable bonds is 2. The van der Waals surface area contributed by atoms with Gasteiger partial charge in [-0.3, -0.25) is 4.90 Å². The Labute approximate surface area is 106 Å². The van der Waals surface area contributed by atoms with Gasteiger partial charge in [0, 0.05) is 24.5 Å². The first-order valence-corrected chi connectivity index (χ1v) is 7.13. The van der Waals surface area contributed by atoms with E-state index in [9.17, 15) is 0 Å². The monoisotopic (exact) mass is 234 g/mol. The molecule has 0 aromatic carbocycles. The van der Waals surface area contributed by atoms with E-state index in [-0.39, 0.29) is 0 Å². The van der Waals surface area contributed by atoms with E-state index in [0.29, 0.717) is 17.4 Å². The lowest BCUT2D eigenvalue weighted by molar-refractivity contribution is -0.0557. The third-order valence-electron chi connectivity index (χ3n) is 4.89. The molecule has 1 aliphatic heterocycles. The molecule has 0 bridgehead atoms. The van der Waals surface area contributed by atoms with Gasteiger partial charge in [0.15, 0.2) is 0 Å². The molecule has 2 rings (SSSR count). The van der Waals surface area contributed by atoms with Crippen LogP contribution in [0.25, 0.3) is 0 Å². The largest absolute Gasteiger partial charge is 0.297 e. The van der Waals surface area contributed by atoms with Crippen molar-refractivity contribution in [3.63, 3.8) is 0 Å². The van der Waals surface area contributed by atoms with Crippen LogP contribution in [0.15, 0.2) is 0 Å². The van der Waals surface area contributed by atoms with Gasteiger partial charge in [-0.2, -0.15) is 5.26 Å². The van der Waals surface area contributed by atoms with E-state index in [1.54, 1.807) is 0 Å². The van der Waals surface area contributed by atoms with Gasteiger partial charge in [-0.05, 0) is 50.9 Å². The number of nitrogens with zero attached hydrogens (tertiary/aromatic N) is 2. The van der Waals surface area contributed by atoms with Crippen molar-refractivity contribution >= 4 is 0 Å². The number of likely N-dealkylation sites (tertiary alicyclic amines) is 1. The summed E-state index contributed by atoms with van der Waals surface area (Å²) in [6, 6.07) is 3.82. The summed E-state index contributed by atoms with van der Waals surface area (Å²) >= 11 is 0. The Morgan fingerprint density at radius 2 is 1.88 bits per heavy atom. The normalized spacial score (nSPS) is 38.4. The first kappa shape index (κ1) is 12.9. The smallest absolute Gasteiger partial charge is 0.0656 e. The van der Waals surface area contributed by atoms with E-state index in [2.05, 4.69) is 38.7 Å². The van der Waals surface area contributed by atoms with Gasteiger partial charge >= 0.3 is 0 Å². The average Bonchev–Trinajstić information content (AvgIpc) is 2.24. The molecule has 1 unspecified atom stereocenters. The quantitative estimate of drug-likeness (QED) is 0.732. The molecule has 1 saturated carbocycles. The molecule has 2 nitrogen and oxygen atoms in total. The van der Waals surface area contributed by atoms with Crippen LogP contribution < -0.4 is 0 Å². The van der Waals surface area contributed by atoms with Crippen LogP contribution >= 0.6 is 0 Å². The Morgan fingerprint density at radius 1 is 1.24 bits per heavy atom. The highest BCUT2D eigenvalue weighted by atomic mass is 15.2. The molecule has 0 aromatic heterocycles. The summed E-state index contributed by atoms with van der Waals surface area (Å²) in [6.07, 6.45) is 4.97. The molecule has 2 aliphatic rings. The molecule has 1 atom stereocenters. The third kappa shape index (κ3) is 2.36. The van der Waals surface area contributed by atoms with E-state index in [4.69, 9.17) is 5.26 Å². The lowest BCUT2D eigenvalue weighted by Crippen LogP contribution is -2.57. The third-order valence-corrected chi connectivity index (χ3v) is 4.89. The lowest BCUT2D eigenvalue weighted by atomic mass is 9.57. The molecule has 0 aromatic rings. The van der Waals surface area contributed by atoms with Crippen molar-refractivity contribution in [2.24, 2.45) is 17.3 Å². The van der Waals surface area contributed by atoms with Crippen molar-refractivity contribution < 1.29 is 0 Å². The van der Waals surface area contributed by atoms with E-state index in [1.807, 2.05) is 0 Å². The highest BCUT2D eigenvalue weighted by Gasteiger charge is 2.49. The zero-order valence-electron chi connectivity index (χ0n) is 11.7. The van der Waals surface area contributed by atoms with Gasteiger partial charge in [-0.15, -0.1) is 0 Å². The lowest BCUT2D eigenvalue weighted by Gasteiger charge is -2.55. The van der Waals surface area contributed by atoms with Crippen LogP contribution in [-0.2, 0) is 0 Å². The standard InChI is InChI=1S/C15H26N2/c1-11(2)14-5-6-15(7-13(8-15)9-16)10-17(14)12(3)4/h11-14H,5-8,10H2,1-4H3. The maximum Gasteiger partial charge on any atom is 0.0656 e. The van der Waals surface area contributed by atoms with E-state index in [0.717, 1.165) is 24.8 Å². The summed E-state index contributed by atoms with van der Waals surface area (Å²) < 4.78 is 0. The van der Waals surface area contributed by atoms with Gasteiger partial charge in [0.05, 0.1) is 6.07 Å². The Balaban J connectivity index is 2.03. The number of nitriles is 1. The zero-order valence-corrected chi connectivity index (χ0v) is 11.7. The number of hydrogen-bond donors (Lipinski definition) is 0. The van der Waals surface area contributed by atoms with Crippen LogP contribution in [0, 0.1) is 28.6 Å². The Morgan fingerprint density at radius 3 is 2.35 bits per heavy atom. The van der Waals surface area contributed by atoms with Crippen molar-refractivity contribution in [3.05, 3.63) is 0 Å². The first-order valence-electron chi connectivity index (χ1n) is 7.13. The predicted molar refractivity (Wildman–Crippen MR) is 70.5 cm³/mol. The summed E-state index contributed by atoms with van der Waals surface area (Å²) in [5, 5.41) is 8.95. The number of piperidine rings is 1. The van der Waals surface area contributed by atoms with Crippen LogP contribution in [0.4, 0.5) is 0 Å². The predicted octanol–water partition coefficient (Wildman–Crippen LogP) is 3.44. The van der Waals surface area contributed by atoms with Gasteiger partial charge in [0.25, 0.3) is 0 Å². The molecule has 1 spiro atoms. The zero-order chi connectivity index (χ0) is 12.6. The Bertz CT molecular complexity index is 307. The fraction of sp³-hybridized carbons (Fsp3) is 0.933. The molecule has 1 aliphatic carbocycles. The fourth-order valence-corrected chi connectivity index (χ4v) is 3.90. The minimum atomic E-state index is 0.347. The SMILES string of the molecule is CC(C)C1CCC2(CC(C#N)C2)CN1C(C)C.